The van der Waals surface area contributed by atoms with Crippen molar-refractivity contribution in [1.29, 1.82) is 0 Å². The molecule has 1 heterocycles. The molecule has 1 aliphatic rings. The van der Waals surface area contributed by atoms with Gasteiger partial charge in [-0.15, -0.1) is 0 Å². The minimum Gasteiger partial charge on any atom is -0.497 e. The molecule has 1 aromatic rings. The molecular weight excluding hydrogens is 379 g/mol. The number of anilines is 1. The number of hydrogen-bond donors (Lipinski definition) is 1. The second-order valence-electron chi connectivity index (χ2n) is 6.07. The van der Waals surface area contributed by atoms with E-state index in [9.17, 15) is 13.0 Å². The van der Waals surface area contributed by atoms with Gasteiger partial charge in [0, 0.05) is 31.9 Å². The number of benzene rings is 1. The molecule has 1 aliphatic heterocycles. The molecule has 1 atom stereocenters. The molecule has 0 aliphatic carbocycles. The van der Waals surface area contributed by atoms with E-state index in [1.165, 1.54) is 4.31 Å². The lowest BCUT2D eigenvalue weighted by molar-refractivity contribution is 0.126. The Morgan fingerprint density at radius 3 is 2.08 bits per heavy atom. The first kappa shape index (κ1) is 21.2. The molecule has 0 spiro atoms. The van der Waals surface area contributed by atoms with Crippen LogP contribution in [0.25, 0.3) is 0 Å². The van der Waals surface area contributed by atoms with Crippen LogP contribution in [0, 0.1) is 0 Å². The van der Waals surface area contributed by atoms with Gasteiger partial charge in [-0.2, -0.15) is 4.31 Å². The summed E-state index contributed by atoms with van der Waals surface area (Å²) in [6.45, 7) is 4.96. The Kier molecular flexibility index (Phi) is 7.10. The van der Waals surface area contributed by atoms with Crippen molar-refractivity contribution in [2.75, 3.05) is 38.2 Å². The Labute approximate surface area is 155 Å². The van der Waals surface area contributed by atoms with Crippen molar-refractivity contribution in [3.8, 4) is 5.75 Å². The molecule has 26 heavy (non-hydrogen) atoms. The number of hydrogen-bond acceptors (Lipinski definition) is 6. The van der Waals surface area contributed by atoms with Crippen LogP contribution in [0.5, 0.6) is 5.75 Å². The minimum absolute atomic E-state index is 0.113. The van der Waals surface area contributed by atoms with Gasteiger partial charge in [0.05, 0.1) is 7.11 Å². The van der Waals surface area contributed by atoms with Gasteiger partial charge in [0.2, 0.25) is 10.0 Å². The van der Waals surface area contributed by atoms with E-state index in [0.717, 1.165) is 11.4 Å². The van der Waals surface area contributed by atoms with Gasteiger partial charge >= 0.3 is 8.25 Å². The summed E-state index contributed by atoms with van der Waals surface area (Å²) < 4.78 is 48.9. The molecule has 1 fully saturated rings. The summed E-state index contributed by atoms with van der Waals surface area (Å²) in [6, 6.07) is 7.60. The first-order valence-electron chi connectivity index (χ1n) is 8.60. The van der Waals surface area contributed by atoms with Crippen LogP contribution in [0.3, 0.4) is 0 Å². The van der Waals surface area contributed by atoms with Crippen LogP contribution < -0.4 is 9.64 Å². The number of rotatable bonds is 8. The van der Waals surface area contributed by atoms with E-state index in [0.29, 0.717) is 26.2 Å². The second-order valence-corrected chi connectivity index (χ2v) is 9.02. The lowest BCUT2D eigenvalue weighted by Gasteiger charge is -2.40. The smallest absolute Gasteiger partial charge is 0.318 e. The molecule has 1 saturated heterocycles. The van der Waals surface area contributed by atoms with Crippen molar-refractivity contribution >= 4 is 24.0 Å². The lowest BCUT2D eigenvalue weighted by atomic mass is 10.2. The summed E-state index contributed by atoms with van der Waals surface area (Å²) in [4.78, 5) is 9.61. The average Bonchev–Trinajstić information content (AvgIpc) is 2.66. The minimum atomic E-state index is -3.87. The van der Waals surface area contributed by atoms with Crippen molar-refractivity contribution in [2.24, 2.45) is 0 Å². The summed E-state index contributed by atoms with van der Waals surface area (Å²) >= 11 is 0. The summed E-state index contributed by atoms with van der Waals surface area (Å²) in [5, 5.41) is 0. The van der Waals surface area contributed by atoms with E-state index in [1.807, 2.05) is 24.3 Å². The zero-order valence-electron chi connectivity index (χ0n) is 15.3. The summed E-state index contributed by atoms with van der Waals surface area (Å²) in [6.07, 6.45) is 0.225. The zero-order chi connectivity index (χ0) is 19.4. The number of methoxy groups -OCH3 is 1. The van der Waals surface area contributed by atoms with Crippen LogP contribution >= 0.6 is 8.25 Å². The molecule has 8 nitrogen and oxygen atoms in total. The number of nitrogens with zero attached hydrogens (tertiary/aromatic N) is 2. The van der Waals surface area contributed by atoms with Gasteiger partial charge in [-0.1, -0.05) is 13.8 Å². The van der Waals surface area contributed by atoms with E-state index in [2.05, 4.69) is 4.90 Å². The molecule has 148 valence electrons. The Morgan fingerprint density at radius 2 is 1.65 bits per heavy atom. The third-order valence-corrected chi connectivity index (χ3v) is 8.20. The summed E-state index contributed by atoms with van der Waals surface area (Å²) in [5.74, 6) is 0.766. The molecule has 2 rings (SSSR count). The monoisotopic (exact) mass is 406 g/mol. The van der Waals surface area contributed by atoms with Gasteiger partial charge in [-0.25, -0.2) is 8.42 Å². The highest BCUT2D eigenvalue weighted by molar-refractivity contribution is 7.90. The fourth-order valence-electron chi connectivity index (χ4n) is 3.19. The zero-order valence-corrected chi connectivity index (χ0v) is 17.2. The lowest BCUT2D eigenvalue weighted by Crippen LogP contribution is -2.55. The highest BCUT2D eigenvalue weighted by atomic mass is 32.2. The number of piperazine rings is 1. The maximum atomic E-state index is 13.1. The predicted octanol–water partition coefficient (Wildman–Crippen LogP) is 2.06. The molecule has 0 aromatic heterocycles. The predicted molar refractivity (Wildman–Crippen MR) is 101 cm³/mol. The Hall–Kier alpha value is -1.12. The van der Waals surface area contributed by atoms with E-state index < -0.39 is 23.2 Å². The average molecular weight is 406 g/mol. The second kappa shape index (κ2) is 8.71. The molecule has 1 N–H and O–H groups in total. The molecule has 1 unspecified atom stereocenters. The van der Waals surface area contributed by atoms with Crippen LogP contribution in [-0.4, -0.2) is 55.8 Å². The Morgan fingerprint density at radius 1 is 1.12 bits per heavy atom. The highest BCUT2D eigenvalue weighted by Crippen LogP contribution is 2.38. The third-order valence-electron chi connectivity index (χ3n) is 4.84. The van der Waals surface area contributed by atoms with Gasteiger partial charge in [0.25, 0.3) is 0 Å². The van der Waals surface area contributed by atoms with Gasteiger partial charge < -0.3 is 14.5 Å². The molecule has 0 radical (unpaired) electrons. The molecule has 0 amide bonds. The normalized spacial score (nSPS) is 17.9. The topological polar surface area (TPSA) is 96.4 Å². The molecule has 10 heteroatoms. The maximum Gasteiger partial charge on any atom is 0.318 e. The summed E-state index contributed by atoms with van der Waals surface area (Å²) in [7, 11) is -5.63. The Bertz CT molecular complexity index is 713. The largest absolute Gasteiger partial charge is 0.497 e. The van der Waals surface area contributed by atoms with E-state index >= 15 is 0 Å². The van der Waals surface area contributed by atoms with Gasteiger partial charge in [-0.3, -0.25) is 9.09 Å². The van der Waals surface area contributed by atoms with E-state index in [4.69, 9.17) is 14.2 Å². The standard InChI is InChI=1S/C16H27N2O6PS/c1-4-16(5-2,24-25(19)20)26(21,22)18-12-10-17(11-13-18)14-6-8-15(23-3)9-7-14/h6-9,25H,4-5,10-13H2,1-3H3,(H,19,20). The van der Waals surface area contributed by atoms with Crippen molar-refractivity contribution in [3.05, 3.63) is 24.3 Å². The van der Waals surface area contributed by atoms with Gasteiger partial charge in [0.15, 0.2) is 4.93 Å². The van der Waals surface area contributed by atoms with Crippen LogP contribution in [-0.2, 0) is 19.1 Å². The highest BCUT2D eigenvalue weighted by Gasteiger charge is 2.47. The SMILES string of the molecule is CCC(CC)(O[PH](=O)O)S(=O)(=O)N1CCN(c2ccc(OC)cc2)CC1. The van der Waals surface area contributed by atoms with Crippen LogP contribution in [0.15, 0.2) is 24.3 Å². The van der Waals surface area contributed by atoms with Gasteiger partial charge in [-0.05, 0) is 37.1 Å². The first-order valence-corrected chi connectivity index (χ1v) is 11.3. The van der Waals surface area contributed by atoms with Crippen molar-refractivity contribution in [3.63, 3.8) is 0 Å². The number of ether oxygens (including phenoxy) is 1. The van der Waals surface area contributed by atoms with Crippen LogP contribution in [0.1, 0.15) is 26.7 Å². The number of sulfonamides is 1. The maximum absolute atomic E-state index is 13.1. The van der Waals surface area contributed by atoms with Crippen molar-refractivity contribution in [2.45, 2.75) is 31.6 Å². The molecule has 1 aromatic carbocycles. The van der Waals surface area contributed by atoms with Crippen LogP contribution in [0.2, 0.25) is 0 Å². The fraction of sp³-hybridized carbons (Fsp3) is 0.625. The molecular formula is C16H27N2O6PS. The summed E-state index contributed by atoms with van der Waals surface area (Å²) in [5.41, 5.74) is 0.997. The third kappa shape index (κ3) is 4.23. The van der Waals surface area contributed by atoms with Crippen molar-refractivity contribution in [1.82, 2.24) is 4.31 Å². The molecule has 0 bridgehead atoms. The Balaban J connectivity index is 2.12. The van der Waals surface area contributed by atoms with Gasteiger partial charge in [0.1, 0.15) is 5.75 Å². The van der Waals surface area contributed by atoms with Crippen LogP contribution in [0.4, 0.5) is 5.69 Å². The quantitative estimate of drug-likeness (QED) is 0.660. The molecule has 0 saturated carbocycles. The fourth-order valence-corrected chi connectivity index (χ4v) is 6.27. The first-order chi connectivity index (χ1) is 12.3. The van der Waals surface area contributed by atoms with Crippen molar-refractivity contribution < 1.29 is 27.1 Å². The van der Waals surface area contributed by atoms with E-state index in [-0.39, 0.29) is 12.8 Å². The van der Waals surface area contributed by atoms with E-state index in [1.54, 1.807) is 21.0 Å².